The number of aromatic nitrogens is 2. The molecule has 2 aromatic carbocycles. The van der Waals surface area contributed by atoms with Crippen molar-refractivity contribution in [3.63, 3.8) is 0 Å². The minimum Gasteiger partial charge on any atom is -0.489 e. The van der Waals surface area contributed by atoms with Gasteiger partial charge in [-0.05, 0) is 79.5 Å². The van der Waals surface area contributed by atoms with Crippen LogP contribution in [0.5, 0.6) is 5.75 Å². The lowest BCUT2D eigenvalue weighted by Crippen LogP contribution is -2.02. The number of anilines is 2. The molecule has 0 atom stereocenters. The second-order valence-electron chi connectivity index (χ2n) is 7.51. The van der Waals surface area contributed by atoms with Crippen LogP contribution in [0.4, 0.5) is 11.5 Å². The molecule has 0 bridgehead atoms. The number of benzene rings is 2. The summed E-state index contributed by atoms with van der Waals surface area (Å²) in [5.74, 6) is 1.73. The molecule has 0 saturated carbocycles. The molecule has 1 aliphatic carbocycles. The first-order valence-electron chi connectivity index (χ1n) is 10.3. The monoisotopic (exact) mass is 467 g/mol. The fourth-order valence-electron chi connectivity index (χ4n) is 3.84. The molecule has 0 saturated heterocycles. The van der Waals surface area contributed by atoms with Gasteiger partial charge in [0.1, 0.15) is 23.0 Å². The van der Waals surface area contributed by atoms with E-state index in [-0.39, 0.29) is 0 Å². The van der Waals surface area contributed by atoms with Gasteiger partial charge in [0.15, 0.2) is 5.16 Å². The van der Waals surface area contributed by atoms with E-state index in [2.05, 4.69) is 5.32 Å². The molecule has 0 aliphatic heterocycles. The molecule has 0 spiro atoms. The van der Waals surface area contributed by atoms with Crippen molar-refractivity contribution < 1.29 is 4.74 Å². The number of ether oxygens (including phenoxy) is 1. The van der Waals surface area contributed by atoms with Gasteiger partial charge in [0.25, 0.3) is 0 Å². The summed E-state index contributed by atoms with van der Waals surface area (Å²) < 4.78 is 5.91. The number of rotatable bonds is 6. The van der Waals surface area contributed by atoms with Crippen molar-refractivity contribution in [1.29, 1.82) is 0 Å². The van der Waals surface area contributed by atoms with Crippen LogP contribution in [0.3, 0.4) is 0 Å². The van der Waals surface area contributed by atoms with E-state index in [9.17, 15) is 0 Å². The summed E-state index contributed by atoms with van der Waals surface area (Å²) in [5, 5.41) is 6.27. The first-order valence-corrected chi connectivity index (χ1v) is 12.7. The highest BCUT2D eigenvalue weighted by atomic mass is 35.5. The zero-order valence-electron chi connectivity index (χ0n) is 17.2. The van der Waals surface area contributed by atoms with Crippen LogP contribution < -0.4 is 10.1 Å². The molecule has 31 heavy (non-hydrogen) atoms. The molecular formula is C24H22ClN3OS2. The van der Waals surface area contributed by atoms with Crippen molar-refractivity contribution in [1.82, 2.24) is 9.97 Å². The number of aryl methyl sites for hydroxylation is 2. The molecule has 5 rings (SSSR count). The van der Waals surface area contributed by atoms with Gasteiger partial charge in [0, 0.05) is 15.6 Å². The minimum atomic E-state index is 0.509. The normalized spacial score (nSPS) is 13.2. The standard InChI is InChI=1S/C24H22ClN3OS2/c1-30-24-27-22(21-19-4-2-3-5-20(19)31-23(21)28-24)26-17-10-12-18(13-11-17)29-14-15-6-8-16(25)9-7-15/h6-13H,2-5,14H2,1H3,(H,26,27,28). The summed E-state index contributed by atoms with van der Waals surface area (Å²) in [6.45, 7) is 0.509. The number of hydrogen-bond donors (Lipinski definition) is 1. The molecule has 0 fully saturated rings. The first-order chi connectivity index (χ1) is 15.2. The lowest BCUT2D eigenvalue weighted by atomic mass is 9.97. The third kappa shape index (κ3) is 4.52. The maximum atomic E-state index is 5.94. The second-order valence-corrected chi connectivity index (χ2v) is 9.81. The van der Waals surface area contributed by atoms with Gasteiger partial charge < -0.3 is 10.1 Å². The number of fused-ring (bicyclic) bond motifs is 3. The minimum absolute atomic E-state index is 0.509. The van der Waals surface area contributed by atoms with E-state index in [1.807, 2.05) is 66.1 Å². The van der Waals surface area contributed by atoms with Gasteiger partial charge >= 0.3 is 0 Å². The molecule has 2 aromatic heterocycles. The van der Waals surface area contributed by atoms with Crippen molar-refractivity contribution >= 4 is 56.4 Å². The zero-order chi connectivity index (χ0) is 21.2. The average Bonchev–Trinajstić information content (AvgIpc) is 3.18. The lowest BCUT2D eigenvalue weighted by molar-refractivity contribution is 0.306. The van der Waals surface area contributed by atoms with E-state index in [0.717, 1.165) is 50.7 Å². The average molecular weight is 468 g/mol. The van der Waals surface area contributed by atoms with Gasteiger partial charge in [0.05, 0.1) is 5.39 Å². The molecule has 158 valence electrons. The predicted octanol–water partition coefficient (Wildman–Crippen LogP) is 7.27. The smallest absolute Gasteiger partial charge is 0.190 e. The van der Waals surface area contributed by atoms with Crippen LogP contribution >= 0.6 is 34.7 Å². The van der Waals surface area contributed by atoms with Crippen LogP contribution in [-0.4, -0.2) is 16.2 Å². The van der Waals surface area contributed by atoms with E-state index in [4.69, 9.17) is 26.3 Å². The molecule has 7 heteroatoms. The van der Waals surface area contributed by atoms with Crippen LogP contribution in [0.25, 0.3) is 10.2 Å². The number of thioether (sulfide) groups is 1. The van der Waals surface area contributed by atoms with Crippen molar-refractivity contribution in [2.45, 2.75) is 37.4 Å². The number of thiophene rings is 1. The molecule has 0 amide bonds. The molecule has 1 N–H and O–H groups in total. The van der Waals surface area contributed by atoms with Crippen LogP contribution in [0.15, 0.2) is 53.7 Å². The summed E-state index contributed by atoms with van der Waals surface area (Å²) in [4.78, 5) is 12.2. The largest absolute Gasteiger partial charge is 0.489 e. The van der Waals surface area contributed by atoms with Gasteiger partial charge in [-0.3, -0.25) is 0 Å². The van der Waals surface area contributed by atoms with Crippen molar-refractivity contribution in [2.24, 2.45) is 0 Å². The van der Waals surface area contributed by atoms with Gasteiger partial charge in [-0.1, -0.05) is 35.5 Å². The Kier molecular flexibility index (Phi) is 6.03. The van der Waals surface area contributed by atoms with Gasteiger partial charge in [-0.25, -0.2) is 9.97 Å². The Morgan fingerprint density at radius 2 is 1.81 bits per heavy atom. The molecule has 1 aliphatic rings. The Morgan fingerprint density at radius 1 is 1.03 bits per heavy atom. The highest BCUT2D eigenvalue weighted by Gasteiger charge is 2.21. The maximum Gasteiger partial charge on any atom is 0.190 e. The SMILES string of the molecule is CSc1nc(Nc2ccc(OCc3ccc(Cl)cc3)cc2)c2c3c(sc2n1)CCCC3. The number of halogens is 1. The highest BCUT2D eigenvalue weighted by Crippen LogP contribution is 2.40. The van der Waals surface area contributed by atoms with Gasteiger partial charge in [-0.2, -0.15) is 0 Å². The van der Waals surface area contributed by atoms with Crippen molar-refractivity contribution in [3.05, 3.63) is 69.6 Å². The molecule has 4 aromatic rings. The number of nitrogens with one attached hydrogen (secondary N) is 1. The molecule has 0 unspecified atom stereocenters. The zero-order valence-corrected chi connectivity index (χ0v) is 19.5. The van der Waals surface area contributed by atoms with Gasteiger partial charge in [-0.15, -0.1) is 11.3 Å². The highest BCUT2D eigenvalue weighted by molar-refractivity contribution is 7.98. The molecule has 0 radical (unpaired) electrons. The summed E-state index contributed by atoms with van der Waals surface area (Å²) >= 11 is 9.35. The summed E-state index contributed by atoms with van der Waals surface area (Å²) in [6.07, 6.45) is 6.80. The Bertz CT molecular complexity index is 1210. The van der Waals surface area contributed by atoms with E-state index in [0.29, 0.717) is 6.61 Å². The van der Waals surface area contributed by atoms with Crippen molar-refractivity contribution in [3.8, 4) is 5.75 Å². The predicted molar refractivity (Wildman–Crippen MR) is 131 cm³/mol. The Labute approximate surface area is 195 Å². The van der Waals surface area contributed by atoms with Crippen LogP contribution in [0.1, 0.15) is 28.8 Å². The van der Waals surface area contributed by atoms with Crippen LogP contribution in [0.2, 0.25) is 5.02 Å². The van der Waals surface area contributed by atoms with E-state index in [1.165, 1.54) is 28.7 Å². The van der Waals surface area contributed by atoms with Crippen LogP contribution in [0, 0.1) is 0 Å². The summed E-state index contributed by atoms with van der Waals surface area (Å²) in [5.41, 5.74) is 3.51. The fraction of sp³-hybridized carbons (Fsp3) is 0.250. The third-order valence-electron chi connectivity index (χ3n) is 5.41. The maximum absolute atomic E-state index is 5.94. The van der Waals surface area contributed by atoms with Crippen LogP contribution in [-0.2, 0) is 19.4 Å². The Morgan fingerprint density at radius 3 is 2.58 bits per heavy atom. The molecule has 2 heterocycles. The number of hydrogen-bond acceptors (Lipinski definition) is 6. The van der Waals surface area contributed by atoms with E-state index in [1.54, 1.807) is 11.8 Å². The fourth-order valence-corrected chi connectivity index (χ4v) is 5.65. The topological polar surface area (TPSA) is 47.0 Å². The molecule has 4 nitrogen and oxygen atoms in total. The Balaban J connectivity index is 1.37. The van der Waals surface area contributed by atoms with E-state index >= 15 is 0 Å². The first kappa shape index (κ1) is 20.6. The number of nitrogens with zero attached hydrogens (tertiary/aromatic N) is 2. The summed E-state index contributed by atoms with van der Waals surface area (Å²) in [6, 6.07) is 15.7. The summed E-state index contributed by atoms with van der Waals surface area (Å²) in [7, 11) is 0. The third-order valence-corrected chi connectivity index (χ3v) is 7.40. The second kappa shape index (κ2) is 9.07. The van der Waals surface area contributed by atoms with Crippen molar-refractivity contribution in [2.75, 3.05) is 11.6 Å². The van der Waals surface area contributed by atoms with Gasteiger partial charge in [0.2, 0.25) is 0 Å². The quantitative estimate of drug-likeness (QED) is 0.238. The van der Waals surface area contributed by atoms with E-state index < -0.39 is 0 Å². The lowest BCUT2D eigenvalue weighted by Gasteiger charge is -2.13. The Hall–Kier alpha value is -2.28. The molecular weight excluding hydrogens is 446 g/mol.